The molecule has 0 amide bonds. The molecule has 0 aromatic heterocycles. The zero-order valence-electron chi connectivity index (χ0n) is 11.6. The van der Waals surface area contributed by atoms with Gasteiger partial charge in [0.1, 0.15) is 5.75 Å². The number of hydrogen-bond acceptors (Lipinski definition) is 4. The van der Waals surface area contributed by atoms with Crippen molar-refractivity contribution in [1.82, 2.24) is 0 Å². The van der Waals surface area contributed by atoms with Gasteiger partial charge >= 0.3 is 0 Å². The predicted octanol–water partition coefficient (Wildman–Crippen LogP) is 3.95. The van der Waals surface area contributed by atoms with Crippen molar-refractivity contribution < 1.29 is 14.2 Å². The molecule has 3 rings (SSSR count). The van der Waals surface area contributed by atoms with Crippen molar-refractivity contribution in [3.63, 3.8) is 0 Å². The lowest BCUT2D eigenvalue weighted by molar-refractivity contribution is 0.174. The molecule has 0 aliphatic carbocycles. The molecule has 0 bridgehead atoms. The first-order valence-electron chi connectivity index (χ1n) is 6.64. The molecule has 1 heterocycles. The molecular weight excluding hydrogens is 254 g/mol. The molecule has 1 N–H and O–H groups in total. The molecule has 0 spiro atoms. The van der Waals surface area contributed by atoms with E-state index < -0.39 is 0 Å². The molecule has 4 heteroatoms. The molecule has 2 aromatic rings. The lowest BCUT2D eigenvalue weighted by Crippen LogP contribution is -2.05. The van der Waals surface area contributed by atoms with Crippen LogP contribution in [0.25, 0.3) is 0 Å². The van der Waals surface area contributed by atoms with Crippen LogP contribution in [0.15, 0.2) is 42.5 Å². The lowest BCUT2D eigenvalue weighted by atomic mass is 10.2. The summed E-state index contributed by atoms with van der Waals surface area (Å²) in [5, 5.41) is 3.32. The third-order valence-corrected chi connectivity index (χ3v) is 2.89. The monoisotopic (exact) mass is 271 g/mol. The van der Waals surface area contributed by atoms with E-state index in [-0.39, 0.29) is 6.10 Å². The molecular formula is C16H17NO3. The minimum atomic E-state index is 0.183. The smallest absolute Gasteiger partial charge is 0.231 e. The number of ether oxygens (including phenoxy) is 3. The Balaban J connectivity index is 1.71. The zero-order chi connectivity index (χ0) is 13.9. The SMILES string of the molecule is CC(C)Oc1ccc(Nc2ccc3c(c2)OCO3)cc1. The number of fused-ring (bicyclic) bond motifs is 1. The van der Waals surface area contributed by atoms with Crippen LogP contribution in [0.2, 0.25) is 0 Å². The van der Waals surface area contributed by atoms with Gasteiger partial charge < -0.3 is 19.5 Å². The number of hydrogen-bond donors (Lipinski definition) is 1. The Morgan fingerprint density at radius 1 is 0.950 bits per heavy atom. The van der Waals surface area contributed by atoms with E-state index in [0.29, 0.717) is 6.79 Å². The van der Waals surface area contributed by atoms with Crippen molar-refractivity contribution in [2.24, 2.45) is 0 Å². The largest absolute Gasteiger partial charge is 0.491 e. The van der Waals surface area contributed by atoms with E-state index in [1.54, 1.807) is 0 Å². The maximum absolute atomic E-state index is 5.62. The summed E-state index contributed by atoms with van der Waals surface area (Å²) in [6, 6.07) is 13.7. The van der Waals surface area contributed by atoms with Crippen molar-refractivity contribution in [2.45, 2.75) is 20.0 Å². The van der Waals surface area contributed by atoms with Crippen molar-refractivity contribution in [2.75, 3.05) is 12.1 Å². The van der Waals surface area contributed by atoms with Crippen molar-refractivity contribution in [3.8, 4) is 17.2 Å². The topological polar surface area (TPSA) is 39.7 Å². The Bertz CT molecular complexity index is 593. The van der Waals surface area contributed by atoms with Gasteiger partial charge in [0.25, 0.3) is 0 Å². The second kappa shape index (κ2) is 5.33. The molecule has 1 aliphatic heterocycles. The van der Waals surface area contributed by atoms with Gasteiger partial charge in [-0.1, -0.05) is 0 Å². The van der Waals surface area contributed by atoms with E-state index in [2.05, 4.69) is 5.32 Å². The number of nitrogens with one attached hydrogen (secondary N) is 1. The summed E-state index contributed by atoms with van der Waals surface area (Å²) in [5.74, 6) is 2.43. The molecule has 0 saturated heterocycles. The van der Waals surface area contributed by atoms with Crippen LogP contribution in [0, 0.1) is 0 Å². The highest BCUT2D eigenvalue weighted by molar-refractivity contribution is 5.64. The molecule has 104 valence electrons. The normalized spacial score (nSPS) is 12.6. The number of anilines is 2. The van der Waals surface area contributed by atoms with E-state index in [9.17, 15) is 0 Å². The van der Waals surface area contributed by atoms with Crippen LogP contribution in [0.4, 0.5) is 11.4 Å². The van der Waals surface area contributed by atoms with Crippen molar-refractivity contribution >= 4 is 11.4 Å². The fraction of sp³-hybridized carbons (Fsp3) is 0.250. The third-order valence-electron chi connectivity index (χ3n) is 2.89. The maximum atomic E-state index is 5.62. The minimum absolute atomic E-state index is 0.183. The Labute approximate surface area is 118 Å². The first kappa shape index (κ1) is 12.7. The molecule has 4 nitrogen and oxygen atoms in total. The predicted molar refractivity (Wildman–Crippen MR) is 78.1 cm³/mol. The highest BCUT2D eigenvalue weighted by atomic mass is 16.7. The van der Waals surface area contributed by atoms with Gasteiger partial charge in [0.05, 0.1) is 6.10 Å². The zero-order valence-corrected chi connectivity index (χ0v) is 11.6. The lowest BCUT2D eigenvalue weighted by Gasteiger charge is -2.11. The highest BCUT2D eigenvalue weighted by Gasteiger charge is 2.13. The Kier molecular flexibility index (Phi) is 3.37. The fourth-order valence-corrected chi connectivity index (χ4v) is 2.03. The van der Waals surface area contributed by atoms with Gasteiger partial charge in [0, 0.05) is 17.4 Å². The van der Waals surface area contributed by atoms with Crippen LogP contribution in [-0.2, 0) is 0 Å². The first-order chi connectivity index (χ1) is 9.70. The van der Waals surface area contributed by atoms with Gasteiger partial charge in [0.15, 0.2) is 11.5 Å². The molecule has 0 fully saturated rings. The molecule has 0 saturated carbocycles. The van der Waals surface area contributed by atoms with Crippen LogP contribution in [0.1, 0.15) is 13.8 Å². The standard InChI is InChI=1S/C16H17NO3/c1-11(2)20-14-6-3-12(4-7-14)17-13-5-8-15-16(9-13)19-10-18-15/h3-9,11,17H,10H2,1-2H3. The average Bonchev–Trinajstić information content (AvgIpc) is 2.88. The Morgan fingerprint density at radius 3 is 2.40 bits per heavy atom. The summed E-state index contributed by atoms with van der Waals surface area (Å²) in [4.78, 5) is 0. The van der Waals surface area contributed by atoms with E-state index in [4.69, 9.17) is 14.2 Å². The second-order valence-corrected chi connectivity index (χ2v) is 4.88. The molecule has 1 aliphatic rings. The van der Waals surface area contributed by atoms with Crippen molar-refractivity contribution in [3.05, 3.63) is 42.5 Å². The third kappa shape index (κ3) is 2.79. The molecule has 20 heavy (non-hydrogen) atoms. The van der Waals surface area contributed by atoms with Crippen LogP contribution in [0.3, 0.4) is 0 Å². The molecule has 2 aromatic carbocycles. The van der Waals surface area contributed by atoms with Gasteiger partial charge in [-0.05, 0) is 50.2 Å². The summed E-state index contributed by atoms with van der Waals surface area (Å²) in [7, 11) is 0. The number of rotatable bonds is 4. The van der Waals surface area contributed by atoms with Crippen LogP contribution >= 0.6 is 0 Å². The quantitative estimate of drug-likeness (QED) is 0.914. The summed E-state index contributed by atoms with van der Waals surface area (Å²) >= 11 is 0. The minimum Gasteiger partial charge on any atom is -0.491 e. The summed E-state index contributed by atoms with van der Waals surface area (Å²) in [5.41, 5.74) is 1.96. The summed E-state index contributed by atoms with van der Waals surface area (Å²) < 4.78 is 16.3. The van der Waals surface area contributed by atoms with Gasteiger partial charge in [0.2, 0.25) is 6.79 Å². The van der Waals surface area contributed by atoms with E-state index >= 15 is 0 Å². The number of benzene rings is 2. The van der Waals surface area contributed by atoms with Gasteiger partial charge in [-0.15, -0.1) is 0 Å². The Morgan fingerprint density at radius 2 is 1.65 bits per heavy atom. The van der Waals surface area contributed by atoms with E-state index in [0.717, 1.165) is 28.6 Å². The van der Waals surface area contributed by atoms with Gasteiger partial charge in [-0.2, -0.15) is 0 Å². The highest BCUT2D eigenvalue weighted by Crippen LogP contribution is 2.35. The van der Waals surface area contributed by atoms with Crippen LogP contribution in [-0.4, -0.2) is 12.9 Å². The molecule has 0 radical (unpaired) electrons. The van der Waals surface area contributed by atoms with E-state index in [1.165, 1.54) is 0 Å². The van der Waals surface area contributed by atoms with E-state index in [1.807, 2.05) is 56.3 Å². The maximum Gasteiger partial charge on any atom is 0.231 e. The fourth-order valence-electron chi connectivity index (χ4n) is 2.03. The molecule has 0 atom stereocenters. The summed E-state index contributed by atoms with van der Waals surface area (Å²) in [6.07, 6.45) is 0.183. The Hall–Kier alpha value is -2.36. The summed E-state index contributed by atoms with van der Waals surface area (Å²) in [6.45, 7) is 4.32. The second-order valence-electron chi connectivity index (χ2n) is 4.88. The van der Waals surface area contributed by atoms with Gasteiger partial charge in [-0.25, -0.2) is 0 Å². The molecule has 0 unspecified atom stereocenters. The van der Waals surface area contributed by atoms with Gasteiger partial charge in [-0.3, -0.25) is 0 Å². The first-order valence-corrected chi connectivity index (χ1v) is 6.64. The average molecular weight is 271 g/mol. The van der Waals surface area contributed by atoms with Crippen LogP contribution < -0.4 is 19.5 Å². The van der Waals surface area contributed by atoms with Crippen LogP contribution in [0.5, 0.6) is 17.2 Å². The van der Waals surface area contributed by atoms with Crippen molar-refractivity contribution in [1.29, 1.82) is 0 Å².